The van der Waals surface area contributed by atoms with E-state index in [-0.39, 0.29) is 0 Å². The average Bonchev–Trinajstić information content (AvgIpc) is 1.91. The van der Waals surface area contributed by atoms with Crippen molar-refractivity contribution in [1.29, 1.82) is 0 Å². The van der Waals surface area contributed by atoms with Gasteiger partial charge in [-0.1, -0.05) is 33.6 Å². The molecule has 58 valence electrons. The van der Waals surface area contributed by atoms with Crippen LogP contribution in [-0.4, -0.2) is 13.6 Å². The standard InChI is InChI=1S/C4H11N.C4H10/c1-3-4-5-2;1-3-4-2/h5H,3-4H2,1-2H3;3-4H2,1-2H3. The van der Waals surface area contributed by atoms with Crippen molar-refractivity contribution in [1.82, 2.24) is 5.32 Å². The van der Waals surface area contributed by atoms with Crippen molar-refractivity contribution in [3.05, 3.63) is 0 Å². The van der Waals surface area contributed by atoms with Gasteiger partial charge in [0.05, 0.1) is 0 Å². The molecule has 0 aromatic carbocycles. The zero-order valence-corrected chi connectivity index (χ0v) is 7.33. The first-order chi connectivity index (χ1) is 4.33. The van der Waals surface area contributed by atoms with E-state index >= 15 is 0 Å². The normalized spacial score (nSPS) is 8.00. The van der Waals surface area contributed by atoms with Crippen molar-refractivity contribution in [2.75, 3.05) is 13.6 Å². The molecule has 0 aliphatic heterocycles. The Morgan fingerprint density at radius 3 is 1.33 bits per heavy atom. The van der Waals surface area contributed by atoms with Gasteiger partial charge in [0.15, 0.2) is 0 Å². The van der Waals surface area contributed by atoms with Crippen molar-refractivity contribution >= 4 is 0 Å². The number of hydrogen-bond acceptors (Lipinski definition) is 1. The monoisotopic (exact) mass is 131 g/mol. The topological polar surface area (TPSA) is 12.0 Å². The fourth-order valence-corrected chi connectivity index (χ4v) is 0.250. The summed E-state index contributed by atoms with van der Waals surface area (Å²) in [4.78, 5) is 0. The summed E-state index contributed by atoms with van der Waals surface area (Å²) in [6.45, 7) is 7.65. The molecule has 0 aliphatic rings. The van der Waals surface area contributed by atoms with E-state index < -0.39 is 0 Å². The van der Waals surface area contributed by atoms with Gasteiger partial charge in [0.1, 0.15) is 0 Å². The number of hydrogen-bond donors (Lipinski definition) is 1. The fraction of sp³-hybridized carbons (Fsp3) is 1.00. The molecule has 0 saturated carbocycles. The van der Waals surface area contributed by atoms with Crippen LogP contribution in [0, 0.1) is 0 Å². The molecule has 1 N–H and O–H groups in total. The summed E-state index contributed by atoms with van der Waals surface area (Å²) in [5.74, 6) is 0. The lowest BCUT2D eigenvalue weighted by atomic mass is 10.4. The molecule has 0 spiro atoms. The zero-order valence-electron chi connectivity index (χ0n) is 7.33. The first kappa shape index (κ1) is 11.7. The van der Waals surface area contributed by atoms with Crippen molar-refractivity contribution in [3.8, 4) is 0 Å². The van der Waals surface area contributed by atoms with E-state index in [1.54, 1.807) is 0 Å². The lowest BCUT2D eigenvalue weighted by Gasteiger charge is -1.84. The molecule has 0 heterocycles. The summed E-state index contributed by atoms with van der Waals surface area (Å²) >= 11 is 0. The maximum atomic E-state index is 3.02. The van der Waals surface area contributed by atoms with E-state index in [4.69, 9.17) is 0 Å². The molecule has 0 aromatic rings. The third-order valence-corrected chi connectivity index (χ3v) is 1.000. The number of unbranched alkanes of at least 4 members (excludes halogenated alkanes) is 1. The minimum absolute atomic E-state index is 1.14. The molecular weight excluding hydrogens is 110 g/mol. The van der Waals surface area contributed by atoms with Crippen molar-refractivity contribution in [2.45, 2.75) is 40.0 Å². The second-order valence-corrected chi connectivity index (χ2v) is 2.10. The van der Waals surface area contributed by atoms with Crippen molar-refractivity contribution in [3.63, 3.8) is 0 Å². The maximum absolute atomic E-state index is 3.02. The minimum Gasteiger partial charge on any atom is -0.320 e. The average molecular weight is 131 g/mol. The summed E-state index contributed by atoms with van der Waals surface area (Å²) < 4.78 is 0. The van der Waals surface area contributed by atoms with Crippen LogP contribution in [0.5, 0.6) is 0 Å². The zero-order chi connectivity index (χ0) is 7.54. The Hall–Kier alpha value is -0.0400. The van der Waals surface area contributed by atoms with E-state index in [2.05, 4.69) is 26.1 Å². The SMILES string of the molecule is CCCC.CCCNC. The highest BCUT2D eigenvalue weighted by molar-refractivity contribution is 4.28. The molecule has 0 atom stereocenters. The molecule has 1 heteroatoms. The van der Waals surface area contributed by atoms with Gasteiger partial charge in [0, 0.05) is 0 Å². The van der Waals surface area contributed by atoms with E-state index in [0.717, 1.165) is 6.54 Å². The molecule has 0 radical (unpaired) electrons. The highest BCUT2D eigenvalue weighted by Crippen LogP contribution is 1.76. The van der Waals surface area contributed by atoms with E-state index in [9.17, 15) is 0 Å². The van der Waals surface area contributed by atoms with Crippen LogP contribution in [0.15, 0.2) is 0 Å². The molecule has 0 aromatic heterocycles. The second kappa shape index (κ2) is 15.7. The molecule has 1 nitrogen and oxygen atoms in total. The molecule has 0 aliphatic carbocycles. The van der Waals surface area contributed by atoms with E-state index in [1.807, 2.05) is 7.05 Å². The van der Waals surface area contributed by atoms with Gasteiger partial charge < -0.3 is 5.32 Å². The van der Waals surface area contributed by atoms with Crippen LogP contribution in [0.3, 0.4) is 0 Å². The first-order valence-electron chi connectivity index (χ1n) is 3.97. The lowest BCUT2D eigenvalue weighted by Crippen LogP contribution is -2.04. The largest absolute Gasteiger partial charge is 0.320 e. The van der Waals surface area contributed by atoms with Gasteiger partial charge in [-0.2, -0.15) is 0 Å². The van der Waals surface area contributed by atoms with Gasteiger partial charge in [-0.25, -0.2) is 0 Å². The van der Waals surface area contributed by atoms with Crippen LogP contribution in [-0.2, 0) is 0 Å². The van der Waals surface area contributed by atoms with Gasteiger partial charge in [0.2, 0.25) is 0 Å². The van der Waals surface area contributed by atoms with Crippen LogP contribution >= 0.6 is 0 Å². The highest BCUT2D eigenvalue weighted by Gasteiger charge is 1.64. The predicted molar refractivity (Wildman–Crippen MR) is 44.8 cm³/mol. The molecule has 0 fully saturated rings. The Balaban J connectivity index is 0. The summed E-state index contributed by atoms with van der Waals surface area (Å²) in [7, 11) is 1.96. The van der Waals surface area contributed by atoms with Crippen LogP contribution in [0.1, 0.15) is 40.0 Å². The Morgan fingerprint density at radius 2 is 1.33 bits per heavy atom. The van der Waals surface area contributed by atoms with Crippen molar-refractivity contribution < 1.29 is 0 Å². The Morgan fingerprint density at radius 1 is 0.889 bits per heavy atom. The highest BCUT2D eigenvalue weighted by atomic mass is 14.8. The molecule has 0 unspecified atom stereocenters. The molecule has 0 rings (SSSR count). The van der Waals surface area contributed by atoms with Crippen LogP contribution in [0.2, 0.25) is 0 Å². The van der Waals surface area contributed by atoms with Crippen molar-refractivity contribution in [2.24, 2.45) is 0 Å². The molecule has 0 saturated heterocycles. The second-order valence-electron chi connectivity index (χ2n) is 2.10. The van der Waals surface area contributed by atoms with E-state index in [0.29, 0.717) is 0 Å². The van der Waals surface area contributed by atoms with Gasteiger partial charge in [0.25, 0.3) is 0 Å². The Labute approximate surface area is 59.8 Å². The molecule has 0 bridgehead atoms. The maximum Gasteiger partial charge on any atom is -0.00546 e. The lowest BCUT2D eigenvalue weighted by molar-refractivity contribution is 0.772. The Bertz CT molecular complexity index is 23.7. The minimum atomic E-state index is 1.14. The summed E-state index contributed by atoms with van der Waals surface area (Å²) in [6.07, 6.45) is 3.87. The number of nitrogens with one attached hydrogen (secondary N) is 1. The third kappa shape index (κ3) is 32.3. The van der Waals surface area contributed by atoms with Gasteiger partial charge in [-0.05, 0) is 20.0 Å². The third-order valence-electron chi connectivity index (χ3n) is 1.000. The summed E-state index contributed by atoms with van der Waals surface area (Å²) in [6, 6.07) is 0. The van der Waals surface area contributed by atoms with E-state index in [1.165, 1.54) is 19.3 Å². The number of rotatable bonds is 3. The summed E-state index contributed by atoms with van der Waals surface area (Å²) in [5, 5.41) is 3.02. The van der Waals surface area contributed by atoms with Crippen LogP contribution < -0.4 is 5.32 Å². The molecular formula is C8H21N. The van der Waals surface area contributed by atoms with Gasteiger partial charge in [-0.15, -0.1) is 0 Å². The predicted octanol–water partition coefficient (Wildman–Crippen LogP) is 2.42. The smallest absolute Gasteiger partial charge is 0.00546 e. The first-order valence-corrected chi connectivity index (χ1v) is 3.97. The van der Waals surface area contributed by atoms with Gasteiger partial charge in [-0.3, -0.25) is 0 Å². The molecule has 0 amide bonds. The fourth-order valence-electron chi connectivity index (χ4n) is 0.250. The van der Waals surface area contributed by atoms with Crippen LogP contribution in [0.4, 0.5) is 0 Å². The quantitative estimate of drug-likeness (QED) is 0.620. The summed E-state index contributed by atoms with van der Waals surface area (Å²) in [5.41, 5.74) is 0. The van der Waals surface area contributed by atoms with Crippen LogP contribution in [0.25, 0.3) is 0 Å². The Kier molecular flexibility index (Phi) is 20.4. The molecule has 9 heavy (non-hydrogen) atoms. The van der Waals surface area contributed by atoms with Gasteiger partial charge >= 0.3 is 0 Å².